The topological polar surface area (TPSA) is 82.4 Å². The van der Waals surface area contributed by atoms with Crippen molar-refractivity contribution < 1.29 is 23.4 Å². The number of aliphatic hydroxyl groups is 1. The van der Waals surface area contributed by atoms with Crippen LogP contribution in [-0.2, 0) is 4.79 Å². The van der Waals surface area contributed by atoms with Crippen LogP contribution in [0.1, 0.15) is 101 Å². The molecule has 5 nitrogen and oxygen atoms in total. The molecule has 1 atom stereocenters. The van der Waals surface area contributed by atoms with Crippen LogP contribution in [-0.4, -0.2) is 29.3 Å². The molecule has 1 aromatic rings. The van der Waals surface area contributed by atoms with Crippen molar-refractivity contribution in [2.75, 3.05) is 11.9 Å². The minimum Gasteiger partial charge on any atom is -0.433 e. The van der Waals surface area contributed by atoms with E-state index in [4.69, 9.17) is 5.41 Å². The van der Waals surface area contributed by atoms with E-state index in [-0.39, 0.29) is 30.0 Å². The van der Waals surface area contributed by atoms with Crippen molar-refractivity contribution in [3.05, 3.63) is 72.0 Å². The molecule has 238 valence electrons. The van der Waals surface area contributed by atoms with Gasteiger partial charge in [-0.2, -0.15) is 8.78 Å². The van der Waals surface area contributed by atoms with Crippen LogP contribution in [0.25, 0.3) is 0 Å². The Hall–Kier alpha value is -3.06. The van der Waals surface area contributed by atoms with Crippen LogP contribution in [0.2, 0.25) is 0 Å². The standard InChI is InChI=1S/C22H30F2N2O2.C9H16O.C4H10/c1-6-9-17(14-27)20(21(25)16(7-2)8-3)15(4)26-18-10-12-19(13-11-18)28-22(5,23)24;1-4-6-7-9(10)8(3)5-2;1-3-4-2/h6,9-13,16,25-27H,4,7-8,14H2,1-3,5H3;6-8H,4-5H2,1-3H3;3-4H2,1-2H3/b9-6-,20-17-,25-21?;7-6+;. The predicted octanol–water partition coefficient (Wildman–Crippen LogP) is 10.3. The fraction of sp³-hybridized carbons (Fsp3) is 0.543. The van der Waals surface area contributed by atoms with E-state index in [0.717, 1.165) is 25.7 Å². The lowest BCUT2D eigenvalue weighted by atomic mass is 9.88. The van der Waals surface area contributed by atoms with Gasteiger partial charge in [-0.25, -0.2) is 0 Å². The van der Waals surface area contributed by atoms with Gasteiger partial charge < -0.3 is 20.6 Å². The second-order valence-electron chi connectivity index (χ2n) is 10.0. The van der Waals surface area contributed by atoms with Gasteiger partial charge in [0.25, 0.3) is 0 Å². The van der Waals surface area contributed by atoms with Gasteiger partial charge >= 0.3 is 6.11 Å². The van der Waals surface area contributed by atoms with Crippen molar-refractivity contribution in [2.45, 2.75) is 107 Å². The molecule has 1 rings (SSSR count). The average Bonchev–Trinajstić information content (AvgIpc) is 2.96. The van der Waals surface area contributed by atoms with Gasteiger partial charge in [-0.3, -0.25) is 4.79 Å². The molecule has 0 bridgehead atoms. The van der Waals surface area contributed by atoms with Gasteiger partial charge in [0.05, 0.1) is 6.61 Å². The maximum absolute atomic E-state index is 12.9. The number of hydrogen-bond donors (Lipinski definition) is 3. The van der Waals surface area contributed by atoms with E-state index in [0.29, 0.717) is 35.2 Å². The van der Waals surface area contributed by atoms with Gasteiger partial charge in [0.1, 0.15) is 5.75 Å². The number of benzene rings is 1. The summed E-state index contributed by atoms with van der Waals surface area (Å²) in [5.41, 5.74) is 2.66. The Morgan fingerprint density at radius 3 is 1.98 bits per heavy atom. The SMILES string of the molecule is C=C(Nc1ccc(OC(C)(F)F)cc1)/C(C(=N)C(CC)CC)=C(\C=C/C)CO.CC/C=C/C(=O)C(C)CC.CCCC. The minimum absolute atomic E-state index is 0.0444. The van der Waals surface area contributed by atoms with Crippen molar-refractivity contribution in [3.8, 4) is 5.75 Å². The highest BCUT2D eigenvalue weighted by atomic mass is 19.3. The molecule has 0 aliphatic heterocycles. The lowest BCUT2D eigenvalue weighted by Gasteiger charge is -2.22. The molecule has 1 aromatic carbocycles. The molecule has 0 aliphatic rings. The summed E-state index contributed by atoms with van der Waals surface area (Å²) >= 11 is 0. The Morgan fingerprint density at radius 2 is 1.60 bits per heavy atom. The van der Waals surface area contributed by atoms with Gasteiger partial charge in [-0.1, -0.05) is 86.1 Å². The van der Waals surface area contributed by atoms with Crippen LogP contribution in [0.5, 0.6) is 5.75 Å². The quantitative estimate of drug-likeness (QED) is 0.102. The van der Waals surface area contributed by atoms with Crippen LogP contribution in [0.3, 0.4) is 0 Å². The Kier molecular flexibility index (Phi) is 23.0. The lowest BCUT2D eigenvalue weighted by Crippen LogP contribution is -2.21. The summed E-state index contributed by atoms with van der Waals surface area (Å²) in [5.74, 6) is 0.546. The molecule has 0 saturated carbocycles. The van der Waals surface area contributed by atoms with Crippen LogP contribution in [0.15, 0.2) is 72.0 Å². The number of hydrogen-bond acceptors (Lipinski definition) is 5. The zero-order valence-corrected chi connectivity index (χ0v) is 27.4. The molecular formula is C35H56F2N2O3. The molecule has 1 unspecified atom stereocenters. The number of anilines is 1. The molecule has 0 fully saturated rings. The molecule has 0 spiro atoms. The van der Waals surface area contributed by atoms with Crippen LogP contribution in [0.4, 0.5) is 14.5 Å². The number of alkyl halides is 2. The minimum atomic E-state index is -3.25. The van der Waals surface area contributed by atoms with E-state index < -0.39 is 6.11 Å². The molecule has 42 heavy (non-hydrogen) atoms. The number of ether oxygens (including phenoxy) is 1. The van der Waals surface area contributed by atoms with E-state index in [1.54, 1.807) is 30.4 Å². The molecule has 3 N–H and O–H groups in total. The van der Waals surface area contributed by atoms with Crippen molar-refractivity contribution in [1.29, 1.82) is 5.41 Å². The van der Waals surface area contributed by atoms with E-state index in [1.165, 1.54) is 25.0 Å². The molecule has 0 heterocycles. The normalized spacial score (nSPS) is 12.6. The number of carbonyl (C=O) groups excluding carboxylic acids is 1. The molecular weight excluding hydrogens is 534 g/mol. The summed E-state index contributed by atoms with van der Waals surface area (Å²) in [4.78, 5) is 11.0. The molecule has 0 aliphatic carbocycles. The first-order valence-electron chi connectivity index (χ1n) is 15.2. The van der Waals surface area contributed by atoms with E-state index in [1.807, 2.05) is 47.6 Å². The van der Waals surface area contributed by atoms with Gasteiger partial charge in [-0.15, -0.1) is 0 Å². The smallest absolute Gasteiger partial charge is 0.394 e. The Bertz CT molecular complexity index is 1000. The monoisotopic (exact) mass is 590 g/mol. The maximum Gasteiger partial charge on any atom is 0.394 e. The Morgan fingerprint density at radius 1 is 1.05 bits per heavy atom. The number of allylic oxidation sites excluding steroid dienone is 4. The van der Waals surface area contributed by atoms with Gasteiger partial charge in [-0.05, 0) is 68.5 Å². The summed E-state index contributed by atoms with van der Waals surface area (Å²) in [6, 6.07) is 6.06. The fourth-order valence-corrected chi connectivity index (χ4v) is 3.50. The number of halogens is 2. The van der Waals surface area contributed by atoms with Crippen molar-refractivity contribution >= 4 is 17.2 Å². The van der Waals surface area contributed by atoms with Crippen LogP contribution in [0, 0.1) is 17.2 Å². The summed E-state index contributed by atoms with van der Waals surface area (Å²) in [6.07, 6.45) is 10.0. The second-order valence-corrected chi connectivity index (χ2v) is 10.0. The largest absolute Gasteiger partial charge is 0.433 e. The highest BCUT2D eigenvalue weighted by Crippen LogP contribution is 2.27. The highest BCUT2D eigenvalue weighted by Gasteiger charge is 2.23. The first kappa shape index (κ1) is 41.1. The third-order valence-electron chi connectivity index (χ3n) is 6.39. The lowest BCUT2D eigenvalue weighted by molar-refractivity contribution is -0.158. The first-order valence-corrected chi connectivity index (χ1v) is 15.2. The summed E-state index contributed by atoms with van der Waals surface area (Å²) in [6.45, 7) is 20.8. The second kappa shape index (κ2) is 23.5. The zero-order valence-electron chi connectivity index (χ0n) is 27.4. The maximum atomic E-state index is 12.9. The van der Waals surface area contributed by atoms with Gasteiger partial charge in [0.2, 0.25) is 0 Å². The van der Waals surface area contributed by atoms with Gasteiger partial charge in [0.15, 0.2) is 5.78 Å². The average molecular weight is 591 g/mol. The first-order chi connectivity index (χ1) is 19.8. The predicted molar refractivity (Wildman–Crippen MR) is 176 cm³/mol. The molecule has 7 heteroatoms. The zero-order chi connectivity index (χ0) is 32.7. The van der Waals surface area contributed by atoms with Crippen molar-refractivity contribution in [3.63, 3.8) is 0 Å². The molecule has 0 saturated heterocycles. The van der Waals surface area contributed by atoms with E-state index in [2.05, 4.69) is 30.5 Å². The van der Waals surface area contributed by atoms with E-state index in [9.17, 15) is 18.7 Å². The highest BCUT2D eigenvalue weighted by molar-refractivity contribution is 6.04. The number of carbonyl (C=O) groups is 1. The summed E-state index contributed by atoms with van der Waals surface area (Å²) in [7, 11) is 0. The summed E-state index contributed by atoms with van der Waals surface area (Å²) in [5, 5.41) is 21.5. The number of nitrogens with one attached hydrogen (secondary N) is 2. The number of aliphatic hydroxyl groups excluding tert-OH is 1. The molecule has 0 aromatic heterocycles. The van der Waals surface area contributed by atoms with Crippen LogP contribution >= 0.6 is 0 Å². The third-order valence-corrected chi connectivity index (χ3v) is 6.39. The number of ketones is 1. The summed E-state index contributed by atoms with van der Waals surface area (Å²) < 4.78 is 30.4. The Labute approximate surface area is 254 Å². The van der Waals surface area contributed by atoms with Crippen molar-refractivity contribution in [2.24, 2.45) is 11.8 Å². The van der Waals surface area contributed by atoms with Crippen LogP contribution < -0.4 is 10.1 Å². The number of unbranched alkanes of at least 4 members (excludes halogenated alkanes) is 1. The van der Waals surface area contributed by atoms with Gasteiger partial charge in [0, 0.05) is 41.4 Å². The van der Waals surface area contributed by atoms with E-state index >= 15 is 0 Å². The van der Waals surface area contributed by atoms with Crippen molar-refractivity contribution in [1.82, 2.24) is 0 Å². The molecule has 0 amide bonds. The number of rotatable bonds is 16. The molecule has 0 radical (unpaired) electrons. The third kappa shape index (κ3) is 17.7. The Balaban J connectivity index is 0. The fourth-order valence-electron chi connectivity index (χ4n) is 3.50.